The minimum atomic E-state index is -3.81. The van der Waals surface area contributed by atoms with E-state index in [4.69, 9.17) is 21.1 Å². The highest BCUT2D eigenvalue weighted by Gasteiger charge is 2.40. The number of halogens is 3. The second kappa shape index (κ2) is 12.7. The summed E-state index contributed by atoms with van der Waals surface area (Å²) < 4.78 is 66.1. The van der Waals surface area contributed by atoms with Crippen LogP contribution in [-0.2, 0) is 29.1 Å². The molecule has 0 saturated heterocycles. The molecule has 0 radical (unpaired) electrons. The van der Waals surface area contributed by atoms with Crippen molar-refractivity contribution < 1.29 is 36.3 Å². The second-order valence-electron chi connectivity index (χ2n) is 9.07. The number of sulfonamides is 1. The first-order valence-corrected chi connectivity index (χ1v) is 15.2. The summed E-state index contributed by atoms with van der Waals surface area (Å²) in [6, 6.07) is 1.03. The molecule has 0 amide bonds. The van der Waals surface area contributed by atoms with E-state index in [2.05, 4.69) is 20.0 Å². The van der Waals surface area contributed by atoms with Crippen LogP contribution >= 0.6 is 22.9 Å². The molecule has 1 atom stereocenters. The van der Waals surface area contributed by atoms with Crippen molar-refractivity contribution >= 4 is 50.7 Å². The Labute approximate surface area is 238 Å². The molecular formula is C25H27ClF2N4O6S2. The van der Waals surface area contributed by atoms with Crippen molar-refractivity contribution in [2.75, 3.05) is 20.3 Å². The molecule has 1 saturated carbocycles. The van der Waals surface area contributed by atoms with Gasteiger partial charge in [-0.1, -0.05) is 17.7 Å². The summed E-state index contributed by atoms with van der Waals surface area (Å²) in [6.45, 7) is 1.30. The predicted octanol–water partition coefficient (Wildman–Crippen LogP) is 3.63. The first-order chi connectivity index (χ1) is 19.1. The van der Waals surface area contributed by atoms with E-state index in [1.54, 1.807) is 18.5 Å². The number of nitrogens with one attached hydrogen (secondary N) is 2. The summed E-state index contributed by atoms with van der Waals surface area (Å²) in [4.78, 5) is 33.6. The van der Waals surface area contributed by atoms with Crippen molar-refractivity contribution in [2.45, 2.75) is 43.9 Å². The maximum Gasteiger partial charge on any atom is 0.338 e. The molecule has 216 valence electrons. The van der Waals surface area contributed by atoms with E-state index in [1.807, 2.05) is 0 Å². The molecule has 15 heteroatoms. The standard InChI is InChI=1S/C25H27ClF2N4O6S2/c1-3-38-17(33)12-30-40(35,36)14-6-4-13(5-7-14)21-18(25(34)37-2)22(15-8-9-16(27)20(28)19(15)26)32-23(31-21)24-29-10-11-39-24/h8-11,13-14,22,30H,3-7,12H2,1-2H3,(H,31,32)/t13-,14-,22?. The lowest BCUT2D eigenvalue weighted by Crippen LogP contribution is -2.42. The fourth-order valence-electron chi connectivity index (χ4n) is 4.80. The van der Waals surface area contributed by atoms with Crippen molar-refractivity contribution in [3.05, 3.63) is 62.2 Å². The van der Waals surface area contributed by atoms with Crippen molar-refractivity contribution in [1.29, 1.82) is 0 Å². The van der Waals surface area contributed by atoms with Gasteiger partial charge in [-0.05, 0) is 44.6 Å². The zero-order valence-electron chi connectivity index (χ0n) is 21.6. The number of nitrogens with zero attached hydrogens (tertiary/aromatic N) is 2. The Morgan fingerprint density at radius 1 is 1.23 bits per heavy atom. The number of amidine groups is 1. The summed E-state index contributed by atoms with van der Waals surface area (Å²) in [5.74, 6) is -3.87. The van der Waals surface area contributed by atoms with E-state index in [0.717, 1.165) is 6.07 Å². The number of allylic oxidation sites excluding steroid dienone is 1. The Hall–Kier alpha value is -2.94. The molecule has 0 spiro atoms. The highest BCUT2D eigenvalue weighted by molar-refractivity contribution is 7.90. The number of aliphatic imine (C=N–C) groups is 1. The largest absolute Gasteiger partial charge is 0.466 e. The first kappa shape index (κ1) is 30.0. The summed E-state index contributed by atoms with van der Waals surface area (Å²) >= 11 is 7.47. The van der Waals surface area contributed by atoms with Gasteiger partial charge in [0.25, 0.3) is 0 Å². The monoisotopic (exact) mass is 616 g/mol. The molecule has 10 nitrogen and oxygen atoms in total. The lowest BCUT2D eigenvalue weighted by molar-refractivity contribution is -0.141. The highest BCUT2D eigenvalue weighted by atomic mass is 35.5. The maximum atomic E-state index is 14.5. The van der Waals surface area contributed by atoms with Crippen LogP contribution in [0.5, 0.6) is 0 Å². The molecule has 1 fully saturated rings. The quantitative estimate of drug-likeness (QED) is 0.322. The molecule has 1 unspecified atom stereocenters. The molecule has 0 bridgehead atoms. The maximum absolute atomic E-state index is 14.5. The van der Waals surface area contributed by atoms with Gasteiger partial charge in [-0.15, -0.1) is 11.3 Å². The molecule has 2 N–H and O–H groups in total. The van der Waals surface area contributed by atoms with Gasteiger partial charge in [0.15, 0.2) is 22.5 Å². The lowest BCUT2D eigenvalue weighted by Gasteiger charge is -2.35. The first-order valence-electron chi connectivity index (χ1n) is 12.4. The van der Waals surface area contributed by atoms with Gasteiger partial charge in [0.2, 0.25) is 10.0 Å². The van der Waals surface area contributed by atoms with Crippen LogP contribution in [-0.4, -0.2) is 56.7 Å². The van der Waals surface area contributed by atoms with Crippen LogP contribution in [0.25, 0.3) is 0 Å². The Morgan fingerprint density at radius 2 is 1.95 bits per heavy atom. The van der Waals surface area contributed by atoms with Crippen molar-refractivity contribution in [3.63, 3.8) is 0 Å². The number of rotatable bonds is 9. The third kappa shape index (κ3) is 6.35. The normalized spacial score (nSPS) is 21.4. The number of hydrogen-bond donors (Lipinski definition) is 2. The number of benzene rings is 1. The van der Waals surface area contributed by atoms with Gasteiger partial charge in [-0.2, -0.15) is 0 Å². The van der Waals surface area contributed by atoms with Gasteiger partial charge in [-0.3, -0.25) is 9.79 Å². The van der Waals surface area contributed by atoms with Crippen molar-refractivity contribution in [2.24, 2.45) is 10.9 Å². The Kier molecular flexibility index (Phi) is 9.54. The molecule has 2 aliphatic rings. The number of carbonyl (C=O) groups is 2. The third-order valence-electron chi connectivity index (χ3n) is 6.72. The van der Waals surface area contributed by atoms with Crippen LogP contribution in [0.1, 0.15) is 49.2 Å². The molecule has 1 aliphatic heterocycles. The van der Waals surface area contributed by atoms with E-state index in [0.29, 0.717) is 29.4 Å². The number of thiazole rings is 1. The molecule has 40 heavy (non-hydrogen) atoms. The Bertz CT molecular complexity index is 1440. The molecular weight excluding hydrogens is 590 g/mol. The number of aromatic nitrogens is 1. The number of hydrogen-bond acceptors (Lipinski definition) is 10. The molecule has 1 aliphatic carbocycles. The third-order valence-corrected chi connectivity index (χ3v) is 9.78. The van der Waals surface area contributed by atoms with E-state index < -0.39 is 56.5 Å². The van der Waals surface area contributed by atoms with Crippen molar-refractivity contribution in [3.8, 4) is 0 Å². The minimum Gasteiger partial charge on any atom is -0.466 e. The summed E-state index contributed by atoms with van der Waals surface area (Å²) in [5.41, 5.74) is 0.545. The smallest absolute Gasteiger partial charge is 0.338 e. The van der Waals surface area contributed by atoms with Crippen LogP contribution in [0.4, 0.5) is 8.78 Å². The number of esters is 2. The molecule has 1 aromatic carbocycles. The summed E-state index contributed by atoms with van der Waals surface area (Å²) in [5, 5.41) is 4.13. The average Bonchev–Trinajstić information content (AvgIpc) is 3.49. The van der Waals surface area contributed by atoms with E-state index in [-0.39, 0.29) is 36.5 Å². The molecule has 2 aromatic rings. The van der Waals surface area contributed by atoms with Crippen LogP contribution in [0.15, 0.2) is 40.0 Å². The zero-order valence-corrected chi connectivity index (χ0v) is 24.0. The second-order valence-corrected chi connectivity index (χ2v) is 12.4. The summed E-state index contributed by atoms with van der Waals surface area (Å²) in [6.07, 6.45) is 2.77. The van der Waals surface area contributed by atoms with Gasteiger partial charge >= 0.3 is 11.9 Å². The molecule has 2 heterocycles. The SMILES string of the molecule is CCOC(=O)CNS(=O)(=O)[C@H]1CC[C@H](C2=C(C(=O)OC)C(c3ccc(F)c(F)c3Cl)N=C(c3nccs3)N2)CC1. The number of methoxy groups -OCH3 is 1. The topological polar surface area (TPSA) is 136 Å². The molecule has 1 aromatic heterocycles. The fourth-order valence-corrected chi connectivity index (χ4v) is 7.09. The average molecular weight is 617 g/mol. The zero-order chi connectivity index (χ0) is 29.0. The van der Waals surface area contributed by atoms with E-state index in [1.165, 1.54) is 24.5 Å². The van der Waals surface area contributed by atoms with Crippen LogP contribution in [0.3, 0.4) is 0 Å². The van der Waals surface area contributed by atoms with Gasteiger partial charge < -0.3 is 14.8 Å². The Balaban J connectivity index is 1.67. The van der Waals surface area contributed by atoms with Gasteiger partial charge in [-0.25, -0.2) is 31.7 Å². The minimum absolute atomic E-state index is 0.0578. The highest BCUT2D eigenvalue weighted by Crippen LogP contribution is 2.42. The van der Waals surface area contributed by atoms with Crippen molar-refractivity contribution in [1.82, 2.24) is 15.0 Å². The predicted molar refractivity (Wildman–Crippen MR) is 144 cm³/mol. The van der Waals surface area contributed by atoms with E-state index in [9.17, 15) is 26.8 Å². The van der Waals surface area contributed by atoms with Gasteiger partial charge in [0.1, 0.15) is 12.6 Å². The fraction of sp³-hybridized carbons (Fsp3) is 0.440. The Morgan fingerprint density at radius 3 is 2.58 bits per heavy atom. The molecule has 4 rings (SSSR count). The number of carbonyl (C=O) groups excluding carboxylic acids is 2. The van der Waals surface area contributed by atoms with Crippen LogP contribution < -0.4 is 10.0 Å². The van der Waals surface area contributed by atoms with Gasteiger partial charge in [0, 0.05) is 22.8 Å². The van der Waals surface area contributed by atoms with E-state index >= 15 is 0 Å². The van der Waals surface area contributed by atoms with Crippen LogP contribution in [0.2, 0.25) is 5.02 Å². The van der Waals surface area contributed by atoms with Crippen LogP contribution in [0, 0.1) is 17.6 Å². The number of ether oxygens (including phenoxy) is 2. The van der Waals surface area contributed by atoms with Gasteiger partial charge in [0.05, 0.1) is 29.6 Å². The summed E-state index contributed by atoms with van der Waals surface area (Å²) in [7, 11) is -2.62. The lowest BCUT2D eigenvalue weighted by atomic mass is 9.82.